The van der Waals surface area contributed by atoms with Gasteiger partial charge in [0.05, 0.1) is 6.04 Å². The first-order chi connectivity index (χ1) is 12.2. The molecular formula is C20H25N3O2. The second-order valence-electron chi connectivity index (χ2n) is 7.19. The van der Waals surface area contributed by atoms with Crippen molar-refractivity contribution in [1.82, 2.24) is 10.1 Å². The van der Waals surface area contributed by atoms with Crippen molar-refractivity contribution in [2.75, 3.05) is 18.4 Å². The van der Waals surface area contributed by atoms with Gasteiger partial charge in [-0.25, -0.2) is 0 Å². The van der Waals surface area contributed by atoms with Crippen molar-refractivity contribution in [1.29, 1.82) is 0 Å². The molecule has 1 aromatic heterocycles. The SMILES string of the molecule is Cc1cc([C@H]2CCCN2CCC(=O)Nc2ccc3c(c2)CCC3)no1. The van der Waals surface area contributed by atoms with Crippen LogP contribution in [0.5, 0.6) is 0 Å². The Morgan fingerprint density at radius 2 is 2.16 bits per heavy atom. The van der Waals surface area contributed by atoms with Gasteiger partial charge in [0.15, 0.2) is 0 Å². The maximum atomic E-state index is 12.3. The lowest BCUT2D eigenvalue weighted by Gasteiger charge is -2.22. The number of carbonyl (C=O) groups excluding carboxylic acids is 1. The average molecular weight is 339 g/mol. The Balaban J connectivity index is 1.32. The minimum absolute atomic E-state index is 0.0833. The highest BCUT2D eigenvalue weighted by Crippen LogP contribution is 2.31. The predicted octanol–water partition coefficient (Wildman–Crippen LogP) is 3.64. The van der Waals surface area contributed by atoms with E-state index in [1.54, 1.807) is 0 Å². The number of fused-ring (bicyclic) bond motifs is 1. The number of anilines is 1. The van der Waals surface area contributed by atoms with Crippen molar-refractivity contribution in [3.05, 3.63) is 46.8 Å². The number of nitrogens with one attached hydrogen (secondary N) is 1. The fraction of sp³-hybridized carbons (Fsp3) is 0.500. The van der Waals surface area contributed by atoms with E-state index in [2.05, 4.69) is 27.5 Å². The molecule has 0 spiro atoms. The second kappa shape index (κ2) is 7.00. The molecule has 1 saturated heterocycles. The number of hydrogen-bond acceptors (Lipinski definition) is 4. The molecule has 0 radical (unpaired) electrons. The zero-order valence-corrected chi connectivity index (χ0v) is 14.8. The highest BCUT2D eigenvalue weighted by molar-refractivity contribution is 5.91. The molecule has 1 aliphatic heterocycles. The standard InChI is InChI=1S/C20H25N3O2/c1-14-12-18(22-25-14)19-6-3-10-23(19)11-9-20(24)21-17-8-7-15-4-2-5-16(15)13-17/h7-8,12-13,19H,2-6,9-11H2,1H3,(H,21,24)/t19-/m1/s1. The van der Waals surface area contributed by atoms with Gasteiger partial charge >= 0.3 is 0 Å². The fourth-order valence-corrected chi connectivity index (χ4v) is 4.09. The minimum atomic E-state index is 0.0833. The maximum Gasteiger partial charge on any atom is 0.225 e. The summed E-state index contributed by atoms with van der Waals surface area (Å²) in [6.07, 6.45) is 6.25. The summed E-state index contributed by atoms with van der Waals surface area (Å²) < 4.78 is 5.21. The molecule has 0 saturated carbocycles. The molecule has 5 heteroatoms. The third-order valence-electron chi connectivity index (χ3n) is 5.36. The van der Waals surface area contributed by atoms with E-state index in [1.165, 1.54) is 24.0 Å². The van der Waals surface area contributed by atoms with Gasteiger partial charge in [-0.3, -0.25) is 9.69 Å². The van der Waals surface area contributed by atoms with E-state index >= 15 is 0 Å². The zero-order valence-electron chi connectivity index (χ0n) is 14.8. The van der Waals surface area contributed by atoms with Gasteiger partial charge in [-0.2, -0.15) is 0 Å². The molecule has 132 valence electrons. The maximum absolute atomic E-state index is 12.3. The van der Waals surface area contributed by atoms with Gasteiger partial charge in [-0.05, 0) is 68.8 Å². The lowest BCUT2D eigenvalue weighted by molar-refractivity contribution is -0.116. The number of aromatic nitrogens is 1. The van der Waals surface area contributed by atoms with Crippen LogP contribution in [-0.2, 0) is 17.6 Å². The Morgan fingerprint density at radius 1 is 1.28 bits per heavy atom. The number of rotatable bonds is 5. The summed E-state index contributed by atoms with van der Waals surface area (Å²) in [4.78, 5) is 14.7. The Labute approximate surface area is 148 Å². The first-order valence-electron chi connectivity index (χ1n) is 9.28. The Hall–Kier alpha value is -2.14. The van der Waals surface area contributed by atoms with E-state index in [4.69, 9.17) is 4.52 Å². The van der Waals surface area contributed by atoms with Crippen LogP contribution in [0.2, 0.25) is 0 Å². The van der Waals surface area contributed by atoms with Gasteiger partial charge in [0.1, 0.15) is 11.5 Å². The molecule has 0 bridgehead atoms. The van der Waals surface area contributed by atoms with Crippen LogP contribution in [0.25, 0.3) is 0 Å². The number of amides is 1. The highest BCUT2D eigenvalue weighted by atomic mass is 16.5. The molecule has 25 heavy (non-hydrogen) atoms. The largest absolute Gasteiger partial charge is 0.361 e. The Bertz CT molecular complexity index is 768. The topological polar surface area (TPSA) is 58.4 Å². The number of nitrogens with zero attached hydrogens (tertiary/aromatic N) is 2. The normalized spacial score (nSPS) is 20.0. The summed E-state index contributed by atoms with van der Waals surface area (Å²) in [6.45, 7) is 3.69. The van der Waals surface area contributed by atoms with Crippen LogP contribution in [0, 0.1) is 6.92 Å². The van der Waals surface area contributed by atoms with Crippen molar-refractivity contribution < 1.29 is 9.32 Å². The smallest absolute Gasteiger partial charge is 0.225 e. The molecule has 4 rings (SSSR count). The first kappa shape index (κ1) is 16.3. The fourth-order valence-electron chi connectivity index (χ4n) is 4.09. The number of benzene rings is 1. The predicted molar refractivity (Wildman–Crippen MR) is 96.5 cm³/mol. The molecule has 0 unspecified atom stereocenters. The van der Waals surface area contributed by atoms with Gasteiger partial charge in [0, 0.05) is 24.7 Å². The number of likely N-dealkylation sites (tertiary alicyclic amines) is 1. The van der Waals surface area contributed by atoms with E-state index < -0.39 is 0 Å². The van der Waals surface area contributed by atoms with Crippen LogP contribution in [0.4, 0.5) is 5.69 Å². The van der Waals surface area contributed by atoms with E-state index in [0.29, 0.717) is 6.42 Å². The lowest BCUT2D eigenvalue weighted by atomic mass is 10.1. The molecule has 5 nitrogen and oxygen atoms in total. The molecule has 1 amide bonds. The molecule has 2 aliphatic rings. The van der Waals surface area contributed by atoms with Crippen LogP contribution >= 0.6 is 0 Å². The van der Waals surface area contributed by atoms with Crippen molar-refractivity contribution in [3.8, 4) is 0 Å². The third-order valence-corrected chi connectivity index (χ3v) is 5.36. The number of hydrogen-bond donors (Lipinski definition) is 1. The second-order valence-corrected chi connectivity index (χ2v) is 7.19. The Kier molecular flexibility index (Phi) is 4.57. The zero-order chi connectivity index (χ0) is 17.2. The summed E-state index contributed by atoms with van der Waals surface area (Å²) in [5, 5.41) is 7.21. The first-order valence-corrected chi connectivity index (χ1v) is 9.28. The summed E-state index contributed by atoms with van der Waals surface area (Å²) in [5.74, 6) is 0.927. The van der Waals surface area contributed by atoms with E-state index in [0.717, 1.165) is 49.5 Å². The molecule has 2 aromatic rings. The van der Waals surface area contributed by atoms with Crippen LogP contribution in [-0.4, -0.2) is 29.1 Å². The van der Waals surface area contributed by atoms with Gasteiger partial charge in [-0.1, -0.05) is 11.2 Å². The minimum Gasteiger partial charge on any atom is -0.361 e. The summed E-state index contributed by atoms with van der Waals surface area (Å²) in [6, 6.07) is 8.61. The van der Waals surface area contributed by atoms with Crippen LogP contribution in [0.15, 0.2) is 28.8 Å². The Morgan fingerprint density at radius 3 is 3.00 bits per heavy atom. The lowest BCUT2D eigenvalue weighted by Crippen LogP contribution is -2.27. The van der Waals surface area contributed by atoms with Gasteiger partial charge in [0.2, 0.25) is 5.91 Å². The van der Waals surface area contributed by atoms with Crippen molar-refractivity contribution >= 4 is 11.6 Å². The van der Waals surface area contributed by atoms with E-state index in [-0.39, 0.29) is 11.9 Å². The van der Waals surface area contributed by atoms with E-state index in [9.17, 15) is 4.79 Å². The van der Waals surface area contributed by atoms with Crippen molar-refractivity contribution in [2.45, 2.75) is 51.5 Å². The molecular weight excluding hydrogens is 314 g/mol. The molecule has 1 fully saturated rings. The molecule has 1 atom stereocenters. The van der Waals surface area contributed by atoms with Crippen molar-refractivity contribution in [2.24, 2.45) is 0 Å². The number of aryl methyl sites for hydroxylation is 3. The summed E-state index contributed by atoms with van der Waals surface area (Å²) in [7, 11) is 0. The average Bonchev–Trinajstić information content (AvgIpc) is 3.32. The van der Waals surface area contributed by atoms with Crippen LogP contribution in [0.1, 0.15) is 54.3 Å². The summed E-state index contributed by atoms with van der Waals surface area (Å²) >= 11 is 0. The molecule has 1 N–H and O–H groups in total. The van der Waals surface area contributed by atoms with Gasteiger partial charge in [0.25, 0.3) is 0 Å². The highest BCUT2D eigenvalue weighted by Gasteiger charge is 2.28. The monoisotopic (exact) mass is 339 g/mol. The number of carbonyl (C=O) groups is 1. The quantitative estimate of drug-likeness (QED) is 0.903. The molecule has 1 aliphatic carbocycles. The van der Waals surface area contributed by atoms with Crippen LogP contribution < -0.4 is 5.32 Å². The van der Waals surface area contributed by atoms with Gasteiger partial charge < -0.3 is 9.84 Å². The van der Waals surface area contributed by atoms with Crippen LogP contribution in [0.3, 0.4) is 0 Å². The van der Waals surface area contributed by atoms with E-state index in [1.807, 2.05) is 19.1 Å². The van der Waals surface area contributed by atoms with Gasteiger partial charge in [-0.15, -0.1) is 0 Å². The molecule has 1 aromatic carbocycles. The third kappa shape index (κ3) is 3.61. The van der Waals surface area contributed by atoms with Crippen molar-refractivity contribution in [3.63, 3.8) is 0 Å². The summed E-state index contributed by atoms with van der Waals surface area (Å²) in [5.41, 5.74) is 4.74. The molecule has 2 heterocycles.